The number of nitrogens with one attached hydrogen (secondary N) is 3. The number of rotatable bonds is 11. The van der Waals surface area contributed by atoms with E-state index < -0.39 is 53.5 Å². The first-order valence-corrected chi connectivity index (χ1v) is 11.3. The second kappa shape index (κ2) is 13.8. The van der Waals surface area contributed by atoms with Crippen molar-refractivity contribution < 1.29 is 38.9 Å². The molecule has 5 N–H and O–H groups in total. The molecule has 0 rings (SSSR count). The van der Waals surface area contributed by atoms with E-state index >= 15 is 0 Å². The number of aliphatic carboxylic acids is 1. The molecule has 11 nitrogen and oxygen atoms in total. The van der Waals surface area contributed by atoms with E-state index in [-0.39, 0.29) is 25.3 Å². The Kier molecular flexibility index (Phi) is 12.6. The number of hydrogen-bond donors (Lipinski definition) is 5. The summed E-state index contributed by atoms with van der Waals surface area (Å²) in [5.41, 5.74) is -1.46. The van der Waals surface area contributed by atoms with Gasteiger partial charge in [0.05, 0.1) is 12.1 Å². The highest BCUT2D eigenvalue weighted by molar-refractivity contribution is 5.86. The molecular weight excluding hydrogens is 446 g/mol. The summed E-state index contributed by atoms with van der Waals surface area (Å²) in [7, 11) is 0. The minimum Gasteiger partial charge on any atom is -0.478 e. The van der Waals surface area contributed by atoms with E-state index in [2.05, 4.69) is 16.0 Å². The maximum absolute atomic E-state index is 12.9. The van der Waals surface area contributed by atoms with Crippen LogP contribution in [0.25, 0.3) is 0 Å². The average molecular weight is 488 g/mol. The molecular formula is C23H41N3O8. The Labute approximate surface area is 201 Å². The molecule has 0 aliphatic carbocycles. The minimum absolute atomic E-state index is 0.0901. The van der Waals surface area contributed by atoms with Crippen LogP contribution >= 0.6 is 0 Å². The summed E-state index contributed by atoms with van der Waals surface area (Å²) in [6.07, 6.45) is -0.303. The second-order valence-electron chi connectivity index (χ2n) is 10.3. The van der Waals surface area contributed by atoms with E-state index in [4.69, 9.17) is 14.6 Å². The van der Waals surface area contributed by atoms with Crippen LogP contribution in [-0.4, -0.2) is 70.2 Å². The number of aliphatic hydroxyl groups excluding tert-OH is 1. The van der Waals surface area contributed by atoms with Crippen LogP contribution in [-0.2, 0) is 19.1 Å². The zero-order valence-corrected chi connectivity index (χ0v) is 21.4. The lowest BCUT2D eigenvalue weighted by Gasteiger charge is -2.27. The van der Waals surface area contributed by atoms with Gasteiger partial charge in [-0.05, 0) is 53.9 Å². The van der Waals surface area contributed by atoms with Crippen molar-refractivity contribution in [1.82, 2.24) is 16.0 Å². The van der Waals surface area contributed by atoms with E-state index in [1.165, 1.54) is 6.08 Å². The van der Waals surface area contributed by atoms with Crippen LogP contribution in [0.3, 0.4) is 0 Å². The fourth-order valence-corrected chi connectivity index (χ4v) is 2.61. The van der Waals surface area contributed by atoms with Crippen molar-refractivity contribution >= 4 is 24.1 Å². The Morgan fingerprint density at radius 1 is 0.912 bits per heavy atom. The zero-order valence-electron chi connectivity index (χ0n) is 21.4. The van der Waals surface area contributed by atoms with Gasteiger partial charge in [0.1, 0.15) is 17.2 Å². The Bertz CT molecular complexity index is 723. The SMILES string of the molecule is CC(C)C(/C=C/C(=O)O)NC(=O)C(CC(O)CCNC(=O)OC(C)(C)C)NC(=O)OC(C)(C)C. The molecule has 0 aromatic heterocycles. The van der Waals surface area contributed by atoms with Crippen molar-refractivity contribution in [3.63, 3.8) is 0 Å². The molecule has 0 saturated carbocycles. The van der Waals surface area contributed by atoms with Crippen LogP contribution in [0, 0.1) is 5.92 Å². The highest BCUT2D eigenvalue weighted by Gasteiger charge is 2.28. The number of carboxylic acids is 1. The first-order valence-electron chi connectivity index (χ1n) is 11.3. The van der Waals surface area contributed by atoms with Gasteiger partial charge in [0.25, 0.3) is 0 Å². The molecule has 11 heteroatoms. The summed E-state index contributed by atoms with van der Waals surface area (Å²) in [6, 6.07) is -1.77. The molecule has 0 radical (unpaired) electrons. The summed E-state index contributed by atoms with van der Waals surface area (Å²) in [5, 5.41) is 27.0. The van der Waals surface area contributed by atoms with Gasteiger partial charge in [-0.25, -0.2) is 14.4 Å². The van der Waals surface area contributed by atoms with Crippen molar-refractivity contribution in [3.8, 4) is 0 Å². The van der Waals surface area contributed by atoms with Gasteiger partial charge in [-0.1, -0.05) is 19.9 Å². The maximum atomic E-state index is 12.9. The highest BCUT2D eigenvalue weighted by atomic mass is 16.6. The summed E-state index contributed by atoms with van der Waals surface area (Å²) < 4.78 is 10.3. The summed E-state index contributed by atoms with van der Waals surface area (Å²) in [6.45, 7) is 13.9. The number of carboxylic acid groups (broad SMARTS) is 1. The Hall–Kier alpha value is -2.82. The summed E-state index contributed by atoms with van der Waals surface area (Å²) in [5.74, 6) is -1.90. The summed E-state index contributed by atoms with van der Waals surface area (Å²) in [4.78, 5) is 47.8. The summed E-state index contributed by atoms with van der Waals surface area (Å²) >= 11 is 0. The first kappa shape index (κ1) is 31.2. The lowest BCUT2D eigenvalue weighted by Crippen LogP contribution is -2.52. The number of amides is 3. The van der Waals surface area contributed by atoms with Crippen LogP contribution in [0.15, 0.2) is 12.2 Å². The molecule has 0 aromatic carbocycles. The van der Waals surface area contributed by atoms with Gasteiger partial charge < -0.3 is 35.6 Å². The van der Waals surface area contributed by atoms with Gasteiger partial charge in [0.15, 0.2) is 0 Å². The van der Waals surface area contributed by atoms with Crippen molar-refractivity contribution in [1.29, 1.82) is 0 Å². The Morgan fingerprint density at radius 2 is 1.44 bits per heavy atom. The number of alkyl carbamates (subject to hydrolysis) is 2. The number of aliphatic hydroxyl groups is 1. The predicted molar refractivity (Wildman–Crippen MR) is 126 cm³/mol. The molecule has 3 atom stereocenters. The van der Waals surface area contributed by atoms with Crippen LogP contribution < -0.4 is 16.0 Å². The smallest absolute Gasteiger partial charge is 0.408 e. The van der Waals surface area contributed by atoms with Gasteiger partial charge >= 0.3 is 18.2 Å². The molecule has 0 aromatic rings. The number of carbonyl (C=O) groups is 4. The van der Waals surface area contributed by atoms with Gasteiger partial charge in [-0.2, -0.15) is 0 Å². The van der Waals surface area contributed by atoms with Crippen molar-refractivity contribution in [3.05, 3.63) is 12.2 Å². The molecule has 34 heavy (non-hydrogen) atoms. The van der Waals surface area contributed by atoms with Gasteiger partial charge in [-0.3, -0.25) is 4.79 Å². The van der Waals surface area contributed by atoms with E-state index in [9.17, 15) is 24.3 Å². The van der Waals surface area contributed by atoms with E-state index in [0.29, 0.717) is 0 Å². The number of hydrogen-bond acceptors (Lipinski definition) is 7. The molecule has 3 unspecified atom stereocenters. The van der Waals surface area contributed by atoms with Gasteiger partial charge in [-0.15, -0.1) is 0 Å². The number of ether oxygens (including phenoxy) is 2. The molecule has 0 heterocycles. The van der Waals surface area contributed by atoms with E-state index in [0.717, 1.165) is 6.08 Å². The van der Waals surface area contributed by atoms with Crippen LogP contribution in [0.5, 0.6) is 0 Å². The zero-order chi connectivity index (χ0) is 26.7. The molecule has 0 saturated heterocycles. The van der Waals surface area contributed by atoms with Gasteiger partial charge in [0, 0.05) is 19.0 Å². The topological polar surface area (TPSA) is 163 Å². The van der Waals surface area contributed by atoms with E-state index in [1.54, 1.807) is 55.4 Å². The Morgan fingerprint density at radius 3 is 1.91 bits per heavy atom. The fourth-order valence-electron chi connectivity index (χ4n) is 2.61. The van der Waals surface area contributed by atoms with Crippen molar-refractivity contribution in [2.24, 2.45) is 5.92 Å². The lowest BCUT2D eigenvalue weighted by atomic mass is 10.0. The Balaban J connectivity index is 5.23. The molecule has 0 spiro atoms. The van der Waals surface area contributed by atoms with Crippen LogP contribution in [0.1, 0.15) is 68.2 Å². The predicted octanol–water partition coefficient (Wildman–Crippen LogP) is 2.33. The molecule has 196 valence electrons. The third-order valence-corrected chi connectivity index (χ3v) is 4.13. The monoisotopic (exact) mass is 487 g/mol. The molecule has 0 aliphatic heterocycles. The van der Waals surface area contributed by atoms with Gasteiger partial charge in [0.2, 0.25) is 5.91 Å². The second-order valence-corrected chi connectivity index (χ2v) is 10.3. The lowest BCUT2D eigenvalue weighted by molar-refractivity contribution is -0.131. The standard InChI is InChI=1S/C23H41N3O8/c1-14(2)16(9-10-18(28)29)25-19(30)17(26-21(32)34-23(6,7)8)13-15(27)11-12-24-20(31)33-22(3,4)5/h9-10,14-17,27H,11-13H2,1-8H3,(H,24,31)(H,25,30)(H,26,32)(H,28,29)/b10-9+. The molecule has 0 bridgehead atoms. The molecule has 0 fully saturated rings. The largest absolute Gasteiger partial charge is 0.478 e. The molecule has 0 aliphatic rings. The van der Waals surface area contributed by atoms with Crippen molar-refractivity contribution in [2.75, 3.05) is 6.54 Å². The van der Waals surface area contributed by atoms with Crippen LogP contribution in [0.2, 0.25) is 0 Å². The fraction of sp³-hybridized carbons (Fsp3) is 0.739. The highest BCUT2D eigenvalue weighted by Crippen LogP contribution is 2.11. The molecule has 3 amide bonds. The quantitative estimate of drug-likeness (QED) is 0.277. The van der Waals surface area contributed by atoms with Crippen LogP contribution in [0.4, 0.5) is 9.59 Å². The normalized spacial score (nSPS) is 14.8. The number of carbonyl (C=O) groups excluding carboxylic acids is 3. The third-order valence-electron chi connectivity index (χ3n) is 4.13. The maximum Gasteiger partial charge on any atom is 0.408 e. The average Bonchev–Trinajstić information content (AvgIpc) is 2.60. The minimum atomic E-state index is -1.16. The van der Waals surface area contributed by atoms with E-state index in [1.807, 2.05) is 0 Å². The van der Waals surface area contributed by atoms with Crippen molar-refractivity contribution in [2.45, 2.75) is 97.6 Å². The first-order chi connectivity index (χ1) is 15.4. The third kappa shape index (κ3) is 15.9.